The lowest BCUT2D eigenvalue weighted by Gasteiger charge is -2.27. The van der Waals surface area contributed by atoms with Crippen molar-refractivity contribution in [3.63, 3.8) is 0 Å². The molecule has 0 aliphatic carbocycles. The van der Waals surface area contributed by atoms with Crippen LogP contribution in [0.25, 0.3) is 77.3 Å². The molecule has 10 rings (SSSR count). The maximum atomic E-state index is 6.36. The third-order valence-electron chi connectivity index (χ3n) is 9.89. The Labute approximate surface area is 295 Å². The second-order valence-electron chi connectivity index (χ2n) is 12.9. The summed E-state index contributed by atoms with van der Waals surface area (Å²) >= 11 is 0. The van der Waals surface area contributed by atoms with E-state index in [0.717, 1.165) is 77.6 Å². The molecule has 0 unspecified atom stereocenters. The van der Waals surface area contributed by atoms with Gasteiger partial charge in [0.2, 0.25) is 0 Å². The molecule has 3 nitrogen and oxygen atoms in total. The lowest BCUT2D eigenvalue weighted by Crippen LogP contribution is -2.10. The molecule has 0 radical (unpaired) electrons. The monoisotopic (exact) mass is 653 g/mol. The highest BCUT2D eigenvalue weighted by atomic mass is 16.3. The minimum absolute atomic E-state index is 0.861. The van der Waals surface area contributed by atoms with Crippen molar-refractivity contribution < 1.29 is 8.83 Å². The highest BCUT2D eigenvalue weighted by Crippen LogP contribution is 2.44. The predicted octanol–water partition coefficient (Wildman–Crippen LogP) is 14.0. The van der Waals surface area contributed by atoms with Crippen molar-refractivity contribution in [2.24, 2.45) is 0 Å². The first-order valence-electron chi connectivity index (χ1n) is 17.2. The summed E-state index contributed by atoms with van der Waals surface area (Å²) in [7, 11) is 0. The maximum absolute atomic E-state index is 6.36. The zero-order valence-electron chi connectivity index (χ0n) is 27.7. The molecule has 0 saturated heterocycles. The molecular formula is C48H31NO2. The molecule has 0 atom stereocenters. The zero-order chi connectivity index (χ0) is 33.7. The van der Waals surface area contributed by atoms with Gasteiger partial charge >= 0.3 is 0 Å². The van der Waals surface area contributed by atoms with Crippen molar-refractivity contribution in [2.45, 2.75) is 0 Å². The van der Waals surface area contributed by atoms with Crippen LogP contribution >= 0.6 is 0 Å². The first kappa shape index (κ1) is 29.1. The van der Waals surface area contributed by atoms with E-state index in [4.69, 9.17) is 8.83 Å². The second kappa shape index (κ2) is 11.9. The summed E-state index contributed by atoms with van der Waals surface area (Å²) in [5.74, 6) is 0. The average Bonchev–Trinajstić information content (AvgIpc) is 3.77. The molecule has 10 aromatic rings. The summed E-state index contributed by atoms with van der Waals surface area (Å²) in [6.07, 6.45) is 0. The van der Waals surface area contributed by atoms with Gasteiger partial charge in [-0.3, -0.25) is 0 Å². The van der Waals surface area contributed by atoms with Crippen molar-refractivity contribution in [1.29, 1.82) is 0 Å². The van der Waals surface area contributed by atoms with Crippen molar-refractivity contribution in [2.75, 3.05) is 4.90 Å². The van der Waals surface area contributed by atoms with Gasteiger partial charge in [-0.25, -0.2) is 0 Å². The lowest BCUT2D eigenvalue weighted by molar-refractivity contribution is 0.668. The van der Waals surface area contributed by atoms with Gasteiger partial charge in [0.15, 0.2) is 0 Å². The Kier molecular flexibility index (Phi) is 6.81. The number of furan rings is 2. The average molecular weight is 654 g/mol. The van der Waals surface area contributed by atoms with E-state index in [1.807, 2.05) is 24.3 Å². The van der Waals surface area contributed by atoms with Crippen molar-refractivity contribution in [3.05, 3.63) is 188 Å². The molecule has 0 spiro atoms. The number of fused-ring (bicyclic) bond motifs is 6. The SMILES string of the molecule is c1ccc(-c2ccc(-c3ccc(N(c4cccc(-c5ccc6c(c5)oc5ccccc56)c4)c4cccc5oc6ccccc6c45)cc3)cc2)cc1. The Balaban J connectivity index is 1.09. The Morgan fingerprint density at radius 2 is 0.804 bits per heavy atom. The molecule has 0 saturated carbocycles. The minimum Gasteiger partial charge on any atom is -0.456 e. The van der Waals surface area contributed by atoms with E-state index < -0.39 is 0 Å². The third kappa shape index (κ3) is 5.06. The molecular weight excluding hydrogens is 623 g/mol. The molecule has 0 N–H and O–H groups in total. The molecule has 0 bridgehead atoms. The maximum Gasteiger partial charge on any atom is 0.137 e. The normalized spacial score (nSPS) is 11.5. The van der Waals surface area contributed by atoms with E-state index in [2.05, 4.69) is 169 Å². The quantitative estimate of drug-likeness (QED) is 0.179. The van der Waals surface area contributed by atoms with E-state index >= 15 is 0 Å². The van der Waals surface area contributed by atoms with Gasteiger partial charge in [-0.05, 0) is 94.0 Å². The number of hydrogen-bond donors (Lipinski definition) is 0. The van der Waals surface area contributed by atoms with Crippen LogP contribution in [-0.4, -0.2) is 0 Å². The first-order valence-corrected chi connectivity index (χ1v) is 17.2. The molecule has 0 fully saturated rings. The topological polar surface area (TPSA) is 29.5 Å². The van der Waals surface area contributed by atoms with Crippen molar-refractivity contribution >= 4 is 60.9 Å². The Hall–Kier alpha value is -6.84. The van der Waals surface area contributed by atoms with Crippen molar-refractivity contribution in [1.82, 2.24) is 0 Å². The standard InChI is InChI=1S/C48H31NO2/c1-2-10-32(11-3-1)33-20-22-34(23-21-33)35-24-27-38(28-25-35)49(43-16-9-19-46-48(43)42-15-5-7-18-45(42)50-46)39-13-8-12-36(30-39)37-26-29-41-40-14-4-6-17-44(40)51-47(41)31-37/h1-31H. The van der Waals surface area contributed by atoms with E-state index in [1.165, 1.54) is 16.7 Å². The molecule has 51 heavy (non-hydrogen) atoms. The van der Waals surface area contributed by atoms with Crippen LogP contribution in [0.15, 0.2) is 197 Å². The van der Waals surface area contributed by atoms with Gasteiger partial charge in [0.05, 0.1) is 11.1 Å². The number of para-hydroxylation sites is 2. The van der Waals surface area contributed by atoms with Crippen LogP contribution in [0.4, 0.5) is 17.1 Å². The van der Waals surface area contributed by atoms with Crippen LogP contribution in [-0.2, 0) is 0 Å². The van der Waals surface area contributed by atoms with Gasteiger partial charge in [0.1, 0.15) is 22.3 Å². The van der Waals surface area contributed by atoms with Crippen LogP contribution < -0.4 is 4.90 Å². The third-order valence-corrected chi connectivity index (χ3v) is 9.89. The van der Waals surface area contributed by atoms with Gasteiger partial charge in [0, 0.05) is 27.5 Å². The minimum atomic E-state index is 0.861. The van der Waals surface area contributed by atoms with E-state index in [-0.39, 0.29) is 0 Å². The number of benzene rings is 8. The van der Waals surface area contributed by atoms with E-state index in [0.29, 0.717) is 0 Å². The second-order valence-corrected chi connectivity index (χ2v) is 12.9. The van der Waals surface area contributed by atoms with Gasteiger partial charge in [-0.15, -0.1) is 0 Å². The molecule has 2 aromatic heterocycles. The zero-order valence-corrected chi connectivity index (χ0v) is 27.7. The Morgan fingerprint density at radius 3 is 1.57 bits per heavy atom. The van der Waals surface area contributed by atoms with E-state index in [9.17, 15) is 0 Å². The van der Waals surface area contributed by atoms with Gasteiger partial charge in [-0.1, -0.05) is 127 Å². The number of nitrogens with zero attached hydrogens (tertiary/aromatic N) is 1. The highest BCUT2D eigenvalue weighted by Gasteiger charge is 2.20. The van der Waals surface area contributed by atoms with Crippen LogP contribution in [0.2, 0.25) is 0 Å². The molecule has 0 aliphatic heterocycles. The van der Waals surface area contributed by atoms with Crippen LogP contribution in [0.5, 0.6) is 0 Å². The number of hydrogen-bond acceptors (Lipinski definition) is 3. The lowest BCUT2D eigenvalue weighted by atomic mass is 9.99. The fourth-order valence-corrected chi connectivity index (χ4v) is 7.39. The highest BCUT2D eigenvalue weighted by molar-refractivity contribution is 6.13. The summed E-state index contributed by atoms with van der Waals surface area (Å²) < 4.78 is 12.6. The molecule has 0 amide bonds. The summed E-state index contributed by atoms with van der Waals surface area (Å²) in [5.41, 5.74) is 13.7. The molecule has 0 aliphatic rings. The van der Waals surface area contributed by atoms with Gasteiger partial charge in [-0.2, -0.15) is 0 Å². The van der Waals surface area contributed by atoms with Gasteiger partial charge < -0.3 is 13.7 Å². The van der Waals surface area contributed by atoms with Crippen molar-refractivity contribution in [3.8, 4) is 33.4 Å². The summed E-state index contributed by atoms with van der Waals surface area (Å²) in [6.45, 7) is 0. The van der Waals surface area contributed by atoms with E-state index in [1.54, 1.807) is 0 Å². The smallest absolute Gasteiger partial charge is 0.137 e. The summed E-state index contributed by atoms with van der Waals surface area (Å²) in [6, 6.07) is 66.3. The largest absolute Gasteiger partial charge is 0.456 e. The summed E-state index contributed by atoms with van der Waals surface area (Å²) in [5, 5.41) is 4.44. The fourth-order valence-electron chi connectivity index (χ4n) is 7.39. The first-order chi connectivity index (χ1) is 25.3. The molecule has 2 heterocycles. The van der Waals surface area contributed by atoms with Crippen LogP contribution in [0, 0.1) is 0 Å². The van der Waals surface area contributed by atoms with Gasteiger partial charge in [0.25, 0.3) is 0 Å². The summed E-state index contributed by atoms with van der Waals surface area (Å²) in [4.78, 5) is 2.34. The predicted molar refractivity (Wildman–Crippen MR) is 212 cm³/mol. The molecule has 3 heteroatoms. The van der Waals surface area contributed by atoms with Crippen LogP contribution in [0.1, 0.15) is 0 Å². The molecule has 240 valence electrons. The Morgan fingerprint density at radius 1 is 0.294 bits per heavy atom. The number of rotatable bonds is 6. The fraction of sp³-hybridized carbons (Fsp3) is 0. The molecule has 8 aromatic carbocycles. The van der Waals surface area contributed by atoms with Crippen LogP contribution in [0.3, 0.4) is 0 Å². The Bertz CT molecular complexity index is 2840. The number of anilines is 3.